The van der Waals surface area contributed by atoms with Crippen LogP contribution < -0.4 is 0 Å². The molecule has 2 amide bonds. The highest BCUT2D eigenvalue weighted by Gasteiger charge is 2.49. The molecule has 1 aliphatic carbocycles. The average molecular weight is 247 g/mol. The van der Waals surface area contributed by atoms with Crippen LogP contribution in [0.5, 0.6) is 0 Å². The zero-order chi connectivity index (χ0) is 12.5. The molecule has 1 N–H and O–H groups in total. The fourth-order valence-corrected chi connectivity index (χ4v) is 3.12. The van der Waals surface area contributed by atoms with Gasteiger partial charge in [-0.05, 0) is 19.3 Å². The van der Waals surface area contributed by atoms with E-state index in [0.29, 0.717) is 6.54 Å². The number of imide groups is 1. The van der Waals surface area contributed by atoms with E-state index in [4.69, 9.17) is 0 Å². The number of hydrogen-bond donors (Lipinski definition) is 1. The molecule has 0 aromatic carbocycles. The third-order valence-corrected chi connectivity index (χ3v) is 4.03. The Kier molecular flexibility index (Phi) is 2.89. The fourth-order valence-electron chi connectivity index (χ4n) is 3.12. The summed E-state index contributed by atoms with van der Waals surface area (Å²) in [6.45, 7) is 0.533. The van der Waals surface area contributed by atoms with E-state index in [2.05, 4.69) is 9.97 Å². The van der Waals surface area contributed by atoms with Gasteiger partial charge in [0.15, 0.2) is 0 Å². The number of rotatable bonds is 4. The first kappa shape index (κ1) is 11.4. The molecule has 1 saturated heterocycles. The number of imidazole rings is 1. The van der Waals surface area contributed by atoms with E-state index in [1.165, 1.54) is 4.90 Å². The summed E-state index contributed by atoms with van der Waals surface area (Å²) in [5, 5.41) is 0. The molecular formula is C13H17N3O2. The number of nitrogens with one attached hydrogen (secondary N) is 1. The third-order valence-electron chi connectivity index (χ3n) is 4.03. The van der Waals surface area contributed by atoms with E-state index in [1.54, 1.807) is 12.4 Å². The summed E-state index contributed by atoms with van der Waals surface area (Å²) in [5.74, 6) is 1.00. The molecule has 2 unspecified atom stereocenters. The molecule has 0 radical (unpaired) electrons. The summed E-state index contributed by atoms with van der Waals surface area (Å²) in [6.07, 6.45) is 7.86. The second-order valence-electron chi connectivity index (χ2n) is 5.11. The molecular weight excluding hydrogens is 230 g/mol. The molecule has 0 bridgehead atoms. The van der Waals surface area contributed by atoms with Gasteiger partial charge in [0.1, 0.15) is 5.82 Å². The van der Waals surface area contributed by atoms with Gasteiger partial charge in [-0.2, -0.15) is 0 Å². The molecule has 18 heavy (non-hydrogen) atoms. The Bertz CT molecular complexity index is 433. The molecule has 2 fully saturated rings. The van der Waals surface area contributed by atoms with Crippen LogP contribution in [-0.4, -0.2) is 33.2 Å². The highest BCUT2D eigenvalue weighted by Crippen LogP contribution is 2.39. The number of H-pyrrole nitrogens is 1. The monoisotopic (exact) mass is 247 g/mol. The van der Waals surface area contributed by atoms with Crippen LogP contribution in [0.1, 0.15) is 31.5 Å². The van der Waals surface area contributed by atoms with Crippen molar-refractivity contribution in [3.63, 3.8) is 0 Å². The van der Waals surface area contributed by atoms with E-state index in [0.717, 1.165) is 37.9 Å². The molecule has 96 valence electrons. The van der Waals surface area contributed by atoms with Crippen LogP contribution in [0.2, 0.25) is 0 Å². The van der Waals surface area contributed by atoms with Crippen molar-refractivity contribution in [3.8, 4) is 0 Å². The number of amides is 2. The van der Waals surface area contributed by atoms with E-state index < -0.39 is 0 Å². The highest BCUT2D eigenvalue weighted by molar-refractivity contribution is 6.05. The predicted octanol–water partition coefficient (Wildman–Crippen LogP) is 1.13. The summed E-state index contributed by atoms with van der Waals surface area (Å²) < 4.78 is 0. The van der Waals surface area contributed by atoms with Gasteiger partial charge < -0.3 is 4.98 Å². The molecule has 1 aromatic heterocycles. The molecule has 2 atom stereocenters. The van der Waals surface area contributed by atoms with Gasteiger partial charge >= 0.3 is 0 Å². The quantitative estimate of drug-likeness (QED) is 0.811. The van der Waals surface area contributed by atoms with Crippen molar-refractivity contribution < 1.29 is 9.59 Å². The SMILES string of the molecule is O=C1C2CCCC2C(=O)N1CCCc1ncc[nH]1. The van der Waals surface area contributed by atoms with E-state index >= 15 is 0 Å². The Balaban J connectivity index is 1.57. The normalized spacial score (nSPS) is 27.0. The maximum atomic E-state index is 12.1. The van der Waals surface area contributed by atoms with E-state index in [1.807, 2.05) is 0 Å². The van der Waals surface area contributed by atoms with Gasteiger partial charge in [-0.3, -0.25) is 14.5 Å². The standard InChI is InChI=1S/C13H17N3O2/c17-12-9-3-1-4-10(9)13(18)16(12)8-2-5-11-14-6-7-15-11/h6-7,9-10H,1-5,8H2,(H,14,15). The summed E-state index contributed by atoms with van der Waals surface area (Å²) in [4.78, 5) is 32.8. The lowest BCUT2D eigenvalue weighted by atomic mass is 10.00. The van der Waals surface area contributed by atoms with Gasteiger partial charge in [-0.1, -0.05) is 6.42 Å². The van der Waals surface area contributed by atoms with Gasteiger partial charge in [-0.25, -0.2) is 4.98 Å². The van der Waals surface area contributed by atoms with Gasteiger partial charge in [0.05, 0.1) is 11.8 Å². The Hall–Kier alpha value is -1.65. The first-order valence-electron chi connectivity index (χ1n) is 6.61. The van der Waals surface area contributed by atoms with Crippen LogP contribution in [0, 0.1) is 11.8 Å². The maximum absolute atomic E-state index is 12.1. The molecule has 5 heteroatoms. The van der Waals surface area contributed by atoms with Gasteiger partial charge in [-0.15, -0.1) is 0 Å². The van der Waals surface area contributed by atoms with Crippen molar-refractivity contribution in [3.05, 3.63) is 18.2 Å². The lowest BCUT2D eigenvalue weighted by Gasteiger charge is -2.15. The smallest absolute Gasteiger partial charge is 0.233 e. The van der Waals surface area contributed by atoms with Crippen LogP contribution in [0.3, 0.4) is 0 Å². The number of aromatic amines is 1. The van der Waals surface area contributed by atoms with Crippen molar-refractivity contribution in [1.82, 2.24) is 14.9 Å². The lowest BCUT2D eigenvalue weighted by Crippen LogP contribution is -2.32. The lowest BCUT2D eigenvalue weighted by molar-refractivity contribution is -0.140. The van der Waals surface area contributed by atoms with Crippen molar-refractivity contribution >= 4 is 11.8 Å². The predicted molar refractivity (Wildman–Crippen MR) is 64.5 cm³/mol. The molecule has 2 heterocycles. The van der Waals surface area contributed by atoms with Crippen LogP contribution in [0.15, 0.2) is 12.4 Å². The Morgan fingerprint density at radius 1 is 1.28 bits per heavy atom. The number of carbonyl (C=O) groups is 2. The second kappa shape index (κ2) is 4.55. The number of hydrogen-bond acceptors (Lipinski definition) is 3. The van der Waals surface area contributed by atoms with Crippen LogP contribution in [0.4, 0.5) is 0 Å². The van der Waals surface area contributed by atoms with E-state index in [9.17, 15) is 9.59 Å². The zero-order valence-corrected chi connectivity index (χ0v) is 10.3. The largest absolute Gasteiger partial charge is 0.349 e. The molecule has 1 aromatic rings. The van der Waals surface area contributed by atoms with Gasteiger partial charge in [0.2, 0.25) is 11.8 Å². The van der Waals surface area contributed by atoms with Crippen molar-refractivity contribution in [2.45, 2.75) is 32.1 Å². The Morgan fingerprint density at radius 3 is 2.61 bits per heavy atom. The molecule has 5 nitrogen and oxygen atoms in total. The number of carbonyl (C=O) groups excluding carboxylic acids is 2. The summed E-state index contributed by atoms with van der Waals surface area (Å²) in [5.41, 5.74) is 0. The number of aryl methyl sites for hydroxylation is 1. The number of fused-ring (bicyclic) bond motifs is 1. The molecule has 2 aliphatic rings. The second-order valence-corrected chi connectivity index (χ2v) is 5.11. The van der Waals surface area contributed by atoms with Gasteiger partial charge in [0, 0.05) is 25.4 Å². The van der Waals surface area contributed by atoms with Gasteiger partial charge in [0.25, 0.3) is 0 Å². The Labute approximate surface area is 106 Å². The third kappa shape index (κ3) is 1.83. The summed E-state index contributed by atoms with van der Waals surface area (Å²) in [6, 6.07) is 0. The van der Waals surface area contributed by atoms with E-state index in [-0.39, 0.29) is 23.7 Å². The fraction of sp³-hybridized carbons (Fsp3) is 0.615. The zero-order valence-electron chi connectivity index (χ0n) is 10.3. The van der Waals surface area contributed by atoms with Crippen LogP contribution >= 0.6 is 0 Å². The molecule has 0 spiro atoms. The van der Waals surface area contributed by atoms with Crippen molar-refractivity contribution in [2.75, 3.05) is 6.54 Å². The average Bonchev–Trinajstić information content (AvgIpc) is 3.06. The molecule has 1 saturated carbocycles. The molecule has 1 aliphatic heterocycles. The number of likely N-dealkylation sites (tertiary alicyclic amines) is 1. The number of nitrogens with zero attached hydrogens (tertiary/aromatic N) is 2. The molecule has 3 rings (SSSR count). The summed E-state index contributed by atoms with van der Waals surface area (Å²) in [7, 11) is 0. The minimum Gasteiger partial charge on any atom is -0.349 e. The minimum atomic E-state index is -0.0129. The highest BCUT2D eigenvalue weighted by atomic mass is 16.2. The summed E-state index contributed by atoms with van der Waals surface area (Å²) >= 11 is 0. The van der Waals surface area contributed by atoms with Crippen molar-refractivity contribution in [2.24, 2.45) is 11.8 Å². The first-order chi connectivity index (χ1) is 8.77. The maximum Gasteiger partial charge on any atom is 0.233 e. The number of aromatic nitrogens is 2. The minimum absolute atomic E-state index is 0.0129. The Morgan fingerprint density at radius 2 is 2.00 bits per heavy atom. The first-order valence-corrected chi connectivity index (χ1v) is 6.61. The van der Waals surface area contributed by atoms with Crippen molar-refractivity contribution in [1.29, 1.82) is 0 Å². The topological polar surface area (TPSA) is 66.1 Å². The van der Waals surface area contributed by atoms with Crippen LogP contribution in [-0.2, 0) is 16.0 Å². The van der Waals surface area contributed by atoms with Crippen LogP contribution in [0.25, 0.3) is 0 Å².